The maximum atomic E-state index is 11.8. The monoisotopic (exact) mass is 277 g/mol. The summed E-state index contributed by atoms with van der Waals surface area (Å²) >= 11 is 0. The first-order valence-corrected chi connectivity index (χ1v) is 6.72. The first kappa shape index (κ1) is 17.7. The van der Waals surface area contributed by atoms with Crippen LogP contribution in [0.15, 0.2) is 0 Å². The average Bonchev–Trinajstić information content (AvgIpc) is 3.16. The largest absolute Gasteiger partial charge is 0.353 e. The van der Waals surface area contributed by atoms with Gasteiger partial charge in [0, 0.05) is 18.6 Å². The lowest BCUT2D eigenvalue weighted by Gasteiger charge is -2.26. The van der Waals surface area contributed by atoms with Gasteiger partial charge in [-0.25, -0.2) is 0 Å². The summed E-state index contributed by atoms with van der Waals surface area (Å²) in [6, 6.07) is 0.735. The highest BCUT2D eigenvalue weighted by molar-refractivity contribution is 5.85. The summed E-state index contributed by atoms with van der Waals surface area (Å²) in [6.45, 7) is 6.91. The molecular weight excluding hydrogens is 250 g/mol. The van der Waals surface area contributed by atoms with E-state index >= 15 is 0 Å². The minimum absolute atomic E-state index is 0. The molecule has 0 aromatic heterocycles. The molecule has 0 bridgehead atoms. The second-order valence-corrected chi connectivity index (χ2v) is 5.40. The third-order valence-corrected chi connectivity index (χ3v) is 3.95. The number of amides is 1. The van der Waals surface area contributed by atoms with Gasteiger partial charge in [0.05, 0.1) is 6.04 Å². The third-order valence-electron chi connectivity index (χ3n) is 3.95. The van der Waals surface area contributed by atoms with Crippen molar-refractivity contribution in [1.82, 2.24) is 10.2 Å². The summed E-state index contributed by atoms with van der Waals surface area (Å²) in [5, 5.41) is 2.96. The van der Waals surface area contributed by atoms with Crippen LogP contribution in [0, 0.1) is 5.92 Å². The fraction of sp³-hybridized carbons (Fsp3) is 0.923. The molecule has 1 aliphatic carbocycles. The van der Waals surface area contributed by atoms with Gasteiger partial charge in [-0.3, -0.25) is 9.69 Å². The number of nitrogens with two attached hydrogens (primary N) is 1. The van der Waals surface area contributed by atoms with Gasteiger partial charge in [0.2, 0.25) is 5.91 Å². The Hall–Kier alpha value is -0.320. The van der Waals surface area contributed by atoms with Gasteiger partial charge >= 0.3 is 0 Å². The summed E-state index contributed by atoms with van der Waals surface area (Å²) in [5.41, 5.74) is 5.88. The van der Waals surface area contributed by atoms with Gasteiger partial charge in [0.25, 0.3) is 0 Å². The molecule has 1 saturated carbocycles. The first-order chi connectivity index (χ1) is 7.97. The number of halogens is 1. The molecule has 0 spiro atoms. The molecule has 18 heavy (non-hydrogen) atoms. The Labute approximate surface area is 117 Å². The van der Waals surface area contributed by atoms with Crippen molar-refractivity contribution in [3.63, 3.8) is 0 Å². The van der Waals surface area contributed by atoms with Crippen LogP contribution < -0.4 is 11.1 Å². The standard InChI is InChI=1S/C13H27N3O.ClH/c1-5-9(2)12(14)13(17)15-8-10(3)16(4)11-6-7-11;/h9-12H,5-8,14H2,1-4H3,(H,15,17);1H. The van der Waals surface area contributed by atoms with Crippen molar-refractivity contribution in [2.24, 2.45) is 11.7 Å². The van der Waals surface area contributed by atoms with Gasteiger partial charge in [-0.15, -0.1) is 12.4 Å². The highest BCUT2D eigenvalue weighted by Crippen LogP contribution is 2.26. The zero-order valence-corrected chi connectivity index (χ0v) is 12.8. The molecule has 3 N–H and O–H groups in total. The molecule has 3 unspecified atom stereocenters. The molecule has 0 aromatic rings. The fourth-order valence-corrected chi connectivity index (χ4v) is 1.86. The van der Waals surface area contributed by atoms with E-state index in [-0.39, 0.29) is 30.3 Å². The second kappa shape index (κ2) is 7.97. The van der Waals surface area contributed by atoms with Gasteiger partial charge in [0.1, 0.15) is 0 Å². The maximum Gasteiger partial charge on any atom is 0.237 e. The van der Waals surface area contributed by atoms with Gasteiger partial charge in [-0.2, -0.15) is 0 Å². The second-order valence-electron chi connectivity index (χ2n) is 5.40. The molecule has 1 aliphatic rings. The van der Waals surface area contributed by atoms with E-state index in [1.165, 1.54) is 12.8 Å². The molecule has 108 valence electrons. The quantitative estimate of drug-likeness (QED) is 0.739. The lowest BCUT2D eigenvalue weighted by atomic mass is 9.99. The third kappa shape index (κ3) is 5.12. The Morgan fingerprint density at radius 2 is 2.00 bits per heavy atom. The van der Waals surface area contributed by atoms with E-state index in [0.717, 1.165) is 12.5 Å². The predicted octanol–water partition coefficient (Wildman–Crippen LogP) is 1.38. The topological polar surface area (TPSA) is 58.4 Å². The van der Waals surface area contributed by atoms with Crippen LogP contribution >= 0.6 is 12.4 Å². The number of carbonyl (C=O) groups excluding carboxylic acids is 1. The van der Waals surface area contributed by atoms with Crippen LogP contribution in [0.4, 0.5) is 0 Å². The molecule has 0 aliphatic heterocycles. The van der Waals surface area contributed by atoms with Crippen molar-refractivity contribution in [2.75, 3.05) is 13.6 Å². The number of hydrogen-bond acceptors (Lipinski definition) is 3. The predicted molar refractivity (Wildman–Crippen MR) is 77.9 cm³/mol. The van der Waals surface area contributed by atoms with Crippen LogP contribution in [0.25, 0.3) is 0 Å². The van der Waals surface area contributed by atoms with E-state index in [4.69, 9.17) is 5.73 Å². The van der Waals surface area contributed by atoms with E-state index in [0.29, 0.717) is 12.6 Å². The zero-order valence-electron chi connectivity index (χ0n) is 12.0. The maximum absolute atomic E-state index is 11.8. The molecule has 0 radical (unpaired) electrons. The van der Waals surface area contributed by atoms with Crippen LogP contribution in [0.1, 0.15) is 40.0 Å². The van der Waals surface area contributed by atoms with Gasteiger partial charge in [-0.1, -0.05) is 20.3 Å². The van der Waals surface area contributed by atoms with Gasteiger partial charge in [-0.05, 0) is 32.7 Å². The number of likely N-dealkylation sites (N-methyl/N-ethyl adjacent to an activating group) is 1. The number of nitrogens with one attached hydrogen (secondary N) is 1. The van der Waals surface area contributed by atoms with E-state index in [9.17, 15) is 4.79 Å². The fourth-order valence-electron chi connectivity index (χ4n) is 1.86. The summed E-state index contributed by atoms with van der Waals surface area (Å²) in [6.07, 6.45) is 3.52. The number of rotatable bonds is 7. The van der Waals surface area contributed by atoms with Crippen molar-refractivity contribution in [3.05, 3.63) is 0 Å². The lowest BCUT2D eigenvalue weighted by molar-refractivity contribution is -0.123. The summed E-state index contributed by atoms with van der Waals surface area (Å²) < 4.78 is 0. The van der Waals surface area contributed by atoms with E-state index in [1.807, 2.05) is 6.92 Å². The van der Waals surface area contributed by atoms with Gasteiger partial charge < -0.3 is 11.1 Å². The number of nitrogens with zero attached hydrogens (tertiary/aromatic N) is 1. The van der Waals surface area contributed by atoms with Crippen molar-refractivity contribution in [3.8, 4) is 0 Å². The first-order valence-electron chi connectivity index (χ1n) is 6.72. The highest BCUT2D eigenvalue weighted by Gasteiger charge is 2.29. The molecule has 1 amide bonds. The van der Waals surface area contributed by atoms with Crippen molar-refractivity contribution < 1.29 is 4.79 Å². The molecule has 1 rings (SSSR count). The van der Waals surface area contributed by atoms with E-state index in [1.54, 1.807) is 0 Å². The molecule has 0 heterocycles. The van der Waals surface area contributed by atoms with Crippen molar-refractivity contribution in [2.45, 2.75) is 58.2 Å². The van der Waals surface area contributed by atoms with Gasteiger partial charge in [0.15, 0.2) is 0 Å². The zero-order chi connectivity index (χ0) is 13.0. The van der Waals surface area contributed by atoms with Crippen LogP contribution in [-0.2, 0) is 4.79 Å². The van der Waals surface area contributed by atoms with Crippen molar-refractivity contribution in [1.29, 1.82) is 0 Å². The SMILES string of the molecule is CCC(C)C(N)C(=O)NCC(C)N(C)C1CC1.Cl. The molecular formula is C13H28ClN3O. The van der Waals surface area contributed by atoms with Crippen LogP contribution in [0.5, 0.6) is 0 Å². The average molecular weight is 278 g/mol. The van der Waals surface area contributed by atoms with E-state index in [2.05, 4.69) is 31.1 Å². The molecule has 5 heteroatoms. The molecule has 3 atom stereocenters. The molecule has 0 aromatic carbocycles. The Morgan fingerprint density at radius 3 is 2.44 bits per heavy atom. The Balaban J connectivity index is 0.00000289. The summed E-state index contributed by atoms with van der Waals surface area (Å²) in [7, 11) is 2.13. The molecule has 1 fully saturated rings. The number of hydrogen-bond donors (Lipinski definition) is 2. The minimum atomic E-state index is -0.376. The molecule has 0 saturated heterocycles. The number of carbonyl (C=O) groups is 1. The van der Waals surface area contributed by atoms with Crippen molar-refractivity contribution >= 4 is 18.3 Å². The highest BCUT2D eigenvalue weighted by atomic mass is 35.5. The summed E-state index contributed by atoms with van der Waals surface area (Å²) in [5.74, 6) is 0.224. The van der Waals surface area contributed by atoms with Crippen LogP contribution in [0.3, 0.4) is 0 Å². The normalized spacial score (nSPS) is 19.9. The Bertz CT molecular complexity index is 259. The Kier molecular flexibility index (Phi) is 7.83. The minimum Gasteiger partial charge on any atom is -0.353 e. The summed E-state index contributed by atoms with van der Waals surface area (Å²) in [4.78, 5) is 14.1. The smallest absolute Gasteiger partial charge is 0.237 e. The lowest BCUT2D eigenvalue weighted by Crippen LogP contribution is -2.48. The van der Waals surface area contributed by atoms with E-state index < -0.39 is 0 Å². The van der Waals surface area contributed by atoms with Crippen LogP contribution in [-0.4, -0.2) is 42.5 Å². The Morgan fingerprint density at radius 1 is 1.44 bits per heavy atom. The van der Waals surface area contributed by atoms with Crippen LogP contribution in [0.2, 0.25) is 0 Å². The molecule has 4 nitrogen and oxygen atoms in total.